The third kappa shape index (κ3) is 2.72. The van der Waals surface area contributed by atoms with Gasteiger partial charge in [0.25, 0.3) is 0 Å². The van der Waals surface area contributed by atoms with Crippen LogP contribution in [0.15, 0.2) is 76.5 Å². The van der Waals surface area contributed by atoms with Gasteiger partial charge < -0.3 is 9.73 Å². The van der Waals surface area contributed by atoms with Crippen molar-refractivity contribution in [3.8, 4) is 11.1 Å². The highest BCUT2D eigenvalue weighted by molar-refractivity contribution is 5.84. The van der Waals surface area contributed by atoms with Crippen LogP contribution >= 0.6 is 0 Å². The Bertz CT molecular complexity index is 1050. The zero-order chi connectivity index (χ0) is 16.4. The molecule has 0 saturated heterocycles. The van der Waals surface area contributed by atoms with Crippen LogP contribution in [-0.4, -0.2) is 15.0 Å². The average Bonchev–Trinajstić information content (AvgIpc) is 2.63. The zero-order valence-corrected chi connectivity index (χ0v) is 12.5. The Labute approximate surface area is 136 Å². The quantitative estimate of drug-likeness (QED) is 0.584. The average molecular weight is 316 g/mol. The van der Waals surface area contributed by atoms with Crippen molar-refractivity contribution >= 4 is 22.6 Å². The van der Waals surface area contributed by atoms with Gasteiger partial charge in [-0.15, -0.1) is 0 Å². The number of hydrogen-bond donors (Lipinski definition) is 1. The summed E-state index contributed by atoms with van der Waals surface area (Å²) in [6.07, 6.45) is 2.81. The Morgan fingerprint density at radius 1 is 0.917 bits per heavy atom. The van der Waals surface area contributed by atoms with E-state index in [9.17, 15) is 4.79 Å². The molecule has 0 unspecified atom stereocenters. The smallest absolute Gasteiger partial charge is 0.344 e. The number of benzene rings is 2. The highest BCUT2D eigenvalue weighted by Crippen LogP contribution is 2.24. The Morgan fingerprint density at radius 3 is 2.50 bits per heavy atom. The molecular formula is C18H12N4O2. The van der Waals surface area contributed by atoms with E-state index in [0.29, 0.717) is 17.1 Å². The standard InChI is InChI=1S/C18H12N4O2/c23-17-15(12-4-2-1-3-5-12)8-13-6-7-14(9-16(13)24-17)22-18-20-10-19-11-21-18/h1-11H,(H,19,20,21,22). The fourth-order valence-corrected chi connectivity index (χ4v) is 2.44. The van der Waals surface area contributed by atoms with Crippen molar-refractivity contribution in [1.29, 1.82) is 0 Å². The topological polar surface area (TPSA) is 80.9 Å². The van der Waals surface area contributed by atoms with Crippen molar-refractivity contribution in [2.24, 2.45) is 0 Å². The van der Waals surface area contributed by atoms with Crippen LogP contribution in [0.25, 0.3) is 22.1 Å². The van der Waals surface area contributed by atoms with E-state index in [-0.39, 0.29) is 5.63 Å². The first-order valence-corrected chi connectivity index (χ1v) is 7.32. The Balaban J connectivity index is 1.75. The molecule has 0 aliphatic heterocycles. The van der Waals surface area contributed by atoms with Crippen LogP contribution in [0.2, 0.25) is 0 Å². The fraction of sp³-hybridized carbons (Fsp3) is 0. The molecule has 2 heterocycles. The predicted octanol–water partition coefficient (Wildman–Crippen LogP) is 3.39. The second kappa shape index (κ2) is 5.92. The van der Waals surface area contributed by atoms with Gasteiger partial charge in [0.05, 0.1) is 5.56 Å². The van der Waals surface area contributed by atoms with Gasteiger partial charge in [-0.1, -0.05) is 30.3 Å². The van der Waals surface area contributed by atoms with E-state index in [2.05, 4.69) is 20.3 Å². The minimum Gasteiger partial charge on any atom is -0.422 e. The van der Waals surface area contributed by atoms with Crippen molar-refractivity contribution in [3.63, 3.8) is 0 Å². The minimum absolute atomic E-state index is 0.369. The molecular weight excluding hydrogens is 304 g/mol. The minimum atomic E-state index is -0.369. The number of nitrogens with zero attached hydrogens (tertiary/aromatic N) is 3. The third-order valence-corrected chi connectivity index (χ3v) is 3.57. The molecule has 0 saturated carbocycles. The van der Waals surface area contributed by atoms with Crippen LogP contribution in [0.1, 0.15) is 0 Å². The van der Waals surface area contributed by atoms with Crippen LogP contribution < -0.4 is 10.9 Å². The molecule has 24 heavy (non-hydrogen) atoms. The second-order valence-corrected chi connectivity index (χ2v) is 5.15. The van der Waals surface area contributed by atoms with Gasteiger partial charge >= 0.3 is 5.63 Å². The molecule has 1 N–H and O–H groups in total. The van der Waals surface area contributed by atoms with Gasteiger partial charge in [-0.3, -0.25) is 0 Å². The van der Waals surface area contributed by atoms with Gasteiger partial charge in [0, 0.05) is 17.1 Å². The second-order valence-electron chi connectivity index (χ2n) is 5.15. The molecule has 0 fully saturated rings. The molecule has 0 bridgehead atoms. The van der Waals surface area contributed by atoms with Gasteiger partial charge in [0.2, 0.25) is 5.95 Å². The van der Waals surface area contributed by atoms with E-state index in [1.54, 1.807) is 6.07 Å². The summed E-state index contributed by atoms with van der Waals surface area (Å²) in [7, 11) is 0. The van der Waals surface area contributed by atoms with Crippen LogP contribution in [0.4, 0.5) is 11.6 Å². The molecule has 116 valence electrons. The van der Waals surface area contributed by atoms with E-state index in [1.165, 1.54) is 12.7 Å². The summed E-state index contributed by atoms with van der Waals surface area (Å²) < 4.78 is 5.48. The Hall–Kier alpha value is -3.54. The van der Waals surface area contributed by atoms with E-state index in [1.807, 2.05) is 48.5 Å². The summed E-state index contributed by atoms with van der Waals surface area (Å²) in [6, 6.07) is 16.8. The highest BCUT2D eigenvalue weighted by atomic mass is 16.4. The molecule has 0 aliphatic carbocycles. The Morgan fingerprint density at radius 2 is 1.71 bits per heavy atom. The third-order valence-electron chi connectivity index (χ3n) is 3.57. The van der Waals surface area contributed by atoms with Gasteiger partial charge in [0.1, 0.15) is 18.2 Å². The maximum Gasteiger partial charge on any atom is 0.344 e. The number of rotatable bonds is 3. The number of fused-ring (bicyclic) bond motifs is 1. The van der Waals surface area contributed by atoms with Crippen LogP contribution in [0, 0.1) is 0 Å². The molecule has 6 heteroatoms. The number of hydrogen-bond acceptors (Lipinski definition) is 6. The van der Waals surface area contributed by atoms with Crippen LogP contribution in [-0.2, 0) is 0 Å². The van der Waals surface area contributed by atoms with Gasteiger partial charge in [-0.2, -0.15) is 0 Å². The monoisotopic (exact) mass is 316 g/mol. The van der Waals surface area contributed by atoms with Crippen molar-refractivity contribution in [2.45, 2.75) is 0 Å². The summed E-state index contributed by atoms with van der Waals surface area (Å²) >= 11 is 0. The van der Waals surface area contributed by atoms with Crippen molar-refractivity contribution in [3.05, 3.63) is 77.7 Å². The van der Waals surface area contributed by atoms with Gasteiger partial charge in [-0.05, 0) is 23.8 Å². The van der Waals surface area contributed by atoms with E-state index in [4.69, 9.17) is 4.42 Å². The van der Waals surface area contributed by atoms with Crippen LogP contribution in [0.5, 0.6) is 0 Å². The summed E-state index contributed by atoms with van der Waals surface area (Å²) in [5.74, 6) is 0.424. The van der Waals surface area contributed by atoms with Crippen LogP contribution in [0.3, 0.4) is 0 Å². The van der Waals surface area contributed by atoms with E-state index < -0.39 is 0 Å². The number of aromatic nitrogens is 3. The largest absolute Gasteiger partial charge is 0.422 e. The van der Waals surface area contributed by atoms with E-state index in [0.717, 1.165) is 16.6 Å². The molecule has 0 radical (unpaired) electrons. The summed E-state index contributed by atoms with van der Waals surface area (Å²) in [4.78, 5) is 24.0. The first-order chi connectivity index (χ1) is 11.8. The number of anilines is 2. The fourth-order valence-electron chi connectivity index (χ4n) is 2.44. The molecule has 0 amide bonds. The maximum absolute atomic E-state index is 12.3. The lowest BCUT2D eigenvalue weighted by Gasteiger charge is -2.06. The molecule has 0 spiro atoms. The SMILES string of the molecule is O=c1oc2cc(Nc3ncncn3)ccc2cc1-c1ccccc1. The van der Waals surface area contributed by atoms with Gasteiger partial charge in [-0.25, -0.2) is 19.7 Å². The lowest BCUT2D eigenvalue weighted by atomic mass is 10.1. The first-order valence-electron chi connectivity index (χ1n) is 7.32. The molecule has 4 aromatic rings. The summed E-state index contributed by atoms with van der Waals surface area (Å²) in [5.41, 5.74) is 2.23. The summed E-state index contributed by atoms with van der Waals surface area (Å²) in [6.45, 7) is 0. The molecule has 0 atom stereocenters. The molecule has 2 aromatic heterocycles. The zero-order valence-electron chi connectivity index (χ0n) is 12.5. The Kier molecular flexibility index (Phi) is 3.47. The van der Waals surface area contributed by atoms with Gasteiger partial charge in [0.15, 0.2) is 0 Å². The molecule has 6 nitrogen and oxygen atoms in total. The van der Waals surface area contributed by atoms with Crippen molar-refractivity contribution < 1.29 is 4.42 Å². The normalized spacial score (nSPS) is 10.7. The van der Waals surface area contributed by atoms with Crippen molar-refractivity contribution in [1.82, 2.24) is 15.0 Å². The predicted molar refractivity (Wildman–Crippen MR) is 91.0 cm³/mol. The highest BCUT2D eigenvalue weighted by Gasteiger charge is 2.08. The lowest BCUT2D eigenvalue weighted by Crippen LogP contribution is -2.03. The maximum atomic E-state index is 12.3. The molecule has 2 aromatic carbocycles. The molecule has 0 aliphatic rings. The number of nitrogens with one attached hydrogen (secondary N) is 1. The summed E-state index contributed by atoms with van der Waals surface area (Å²) in [5, 5.41) is 3.88. The molecule has 4 rings (SSSR count). The first kappa shape index (κ1) is 14.1. The lowest BCUT2D eigenvalue weighted by molar-refractivity contribution is 0.563. The van der Waals surface area contributed by atoms with E-state index >= 15 is 0 Å². The van der Waals surface area contributed by atoms with Crippen molar-refractivity contribution in [2.75, 3.05) is 5.32 Å².